The van der Waals surface area contributed by atoms with E-state index < -0.39 is 34.3 Å². The molecule has 0 fully saturated rings. The van der Waals surface area contributed by atoms with Gasteiger partial charge in [0.15, 0.2) is 6.10 Å². The van der Waals surface area contributed by atoms with E-state index in [0.717, 1.165) is 6.42 Å². The maximum absolute atomic E-state index is 11.4. The van der Waals surface area contributed by atoms with E-state index in [9.17, 15) is 13.9 Å². The molecule has 19 heavy (non-hydrogen) atoms. The second kappa shape index (κ2) is 8.08. The van der Waals surface area contributed by atoms with E-state index in [1.54, 1.807) is 0 Å². The lowest BCUT2D eigenvalue weighted by Gasteiger charge is -2.17. The van der Waals surface area contributed by atoms with Gasteiger partial charge >= 0.3 is 21.6 Å². The summed E-state index contributed by atoms with van der Waals surface area (Å²) in [6.45, 7) is 0.779. The Labute approximate surface area is 109 Å². The van der Waals surface area contributed by atoms with Gasteiger partial charge in [-0.25, -0.2) is 13.9 Å². The Bertz CT molecular complexity index is 370. The van der Waals surface area contributed by atoms with Gasteiger partial charge in [0, 0.05) is 0 Å². The van der Waals surface area contributed by atoms with Crippen LogP contribution >= 0.6 is 15.6 Å². The molecule has 0 aliphatic heterocycles. The number of phosphoric acid groups is 2. The van der Waals surface area contributed by atoms with Crippen molar-refractivity contribution < 1.29 is 47.3 Å². The van der Waals surface area contributed by atoms with Gasteiger partial charge in [-0.15, -0.1) is 0 Å². The largest absolute Gasteiger partial charge is 0.470 e. The van der Waals surface area contributed by atoms with Gasteiger partial charge in [0.05, 0.1) is 13.2 Å². The van der Waals surface area contributed by atoms with Crippen LogP contribution in [0.1, 0.15) is 19.8 Å². The van der Waals surface area contributed by atoms with Gasteiger partial charge < -0.3 is 24.3 Å². The third-order valence-electron chi connectivity index (χ3n) is 1.66. The van der Waals surface area contributed by atoms with Crippen LogP contribution < -0.4 is 0 Å². The van der Waals surface area contributed by atoms with Crippen LogP contribution in [0.3, 0.4) is 0 Å². The Balaban J connectivity index is 4.53. The number of rotatable bonds is 9. The Kier molecular flexibility index (Phi) is 7.95. The molecule has 10 nitrogen and oxygen atoms in total. The summed E-state index contributed by atoms with van der Waals surface area (Å²) in [4.78, 5) is 45.4. The SMILES string of the molecule is CCCCOC(=O)[C@H](COP(=O)(O)O)OP(=O)(O)O. The normalized spacial score (nSPS) is 14.2. The van der Waals surface area contributed by atoms with Crippen LogP contribution in [-0.4, -0.2) is 44.9 Å². The summed E-state index contributed by atoms with van der Waals surface area (Å²) in [5.74, 6) is -1.18. The Morgan fingerprint density at radius 3 is 2.16 bits per heavy atom. The summed E-state index contributed by atoms with van der Waals surface area (Å²) >= 11 is 0. The monoisotopic (exact) mass is 322 g/mol. The molecule has 0 rings (SSSR count). The van der Waals surface area contributed by atoms with Crippen molar-refractivity contribution in [1.29, 1.82) is 0 Å². The number of carbonyl (C=O) groups excluding carboxylic acids is 1. The molecule has 0 heterocycles. The Morgan fingerprint density at radius 2 is 1.74 bits per heavy atom. The molecule has 0 amide bonds. The molecule has 0 aromatic rings. The van der Waals surface area contributed by atoms with E-state index in [1.807, 2.05) is 6.92 Å². The molecule has 0 spiro atoms. The Hall–Kier alpha value is -0.310. The lowest BCUT2D eigenvalue weighted by Crippen LogP contribution is -2.30. The summed E-state index contributed by atoms with van der Waals surface area (Å²) in [5.41, 5.74) is 0. The Morgan fingerprint density at radius 1 is 1.16 bits per heavy atom. The van der Waals surface area contributed by atoms with Crippen LogP contribution in [0.5, 0.6) is 0 Å². The van der Waals surface area contributed by atoms with Crippen molar-refractivity contribution in [3.8, 4) is 0 Å². The highest BCUT2D eigenvalue weighted by atomic mass is 31.2. The maximum atomic E-state index is 11.4. The van der Waals surface area contributed by atoms with E-state index in [-0.39, 0.29) is 6.61 Å². The average molecular weight is 322 g/mol. The molecule has 4 N–H and O–H groups in total. The van der Waals surface area contributed by atoms with Gasteiger partial charge in [-0.1, -0.05) is 13.3 Å². The van der Waals surface area contributed by atoms with Gasteiger partial charge in [0.2, 0.25) is 0 Å². The molecule has 1 atom stereocenters. The molecular weight excluding hydrogens is 306 g/mol. The van der Waals surface area contributed by atoms with E-state index in [4.69, 9.17) is 19.6 Å². The van der Waals surface area contributed by atoms with Crippen LogP contribution in [0.25, 0.3) is 0 Å². The molecule has 0 bridgehead atoms. The number of phosphoric ester groups is 2. The minimum atomic E-state index is -5.03. The number of hydrogen-bond acceptors (Lipinski definition) is 6. The fraction of sp³-hybridized carbons (Fsp3) is 0.857. The molecule has 12 heteroatoms. The lowest BCUT2D eigenvalue weighted by atomic mass is 10.3. The molecule has 0 aliphatic carbocycles. The highest BCUT2D eigenvalue weighted by Crippen LogP contribution is 2.40. The minimum absolute atomic E-state index is 0.00768. The van der Waals surface area contributed by atoms with Crippen molar-refractivity contribution in [3.05, 3.63) is 0 Å². The standard InChI is InChI=1S/C7H16O10P2/c1-2-3-4-15-7(8)6(17-19(12,13)14)5-16-18(9,10)11/h6H,2-5H2,1H3,(H2,9,10,11)(H2,12,13,14)/t6-/m0/s1. The van der Waals surface area contributed by atoms with Crippen molar-refractivity contribution in [2.24, 2.45) is 0 Å². The van der Waals surface area contributed by atoms with Crippen molar-refractivity contribution >= 4 is 21.6 Å². The van der Waals surface area contributed by atoms with Crippen molar-refractivity contribution in [3.63, 3.8) is 0 Å². The van der Waals surface area contributed by atoms with Crippen molar-refractivity contribution in [1.82, 2.24) is 0 Å². The second-order valence-corrected chi connectivity index (χ2v) is 5.82. The predicted molar refractivity (Wildman–Crippen MR) is 60.8 cm³/mol. The molecule has 0 radical (unpaired) electrons. The van der Waals surface area contributed by atoms with Crippen LogP contribution in [-0.2, 0) is 27.7 Å². The summed E-state index contributed by atoms with van der Waals surface area (Å²) in [5, 5.41) is 0. The number of carbonyl (C=O) groups is 1. The number of unbranched alkanes of at least 4 members (excludes halogenated alkanes) is 1. The lowest BCUT2D eigenvalue weighted by molar-refractivity contribution is -0.154. The summed E-state index contributed by atoms with van der Waals surface area (Å²) in [6, 6.07) is 0. The van der Waals surface area contributed by atoms with Gasteiger partial charge in [-0.05, 0) is 6.42 Å². The summed E-state index contributed by atoms with van der Waals surface area (Å²) < 4.78 is 33.7. The zero-order valence-corrected chi connectivity index (χ0v) is 11.8. The first kappa shape index (κ1) is 18.7. The first-order valence-electron chi connectivity index (χ1n) is 5.16. The zero-order chi connectivity index (χ0) is 15.1. The molecular formula is C7H16O10P2. The van der Waals surface area contributed by atoms with Gasteiger partial charge in [-0.3, -0.25) is 9.05 Å². The van der Waals surface area contributed by atoms with Crippen LogP contribution in [0.15, 0.2) is 0 Å². The molecule has 0 aromatic carbocycles. The zero-order valence-electron chi connectivity index (χ0n) is 10.0. The van der Waals surface area contributed by atoms with Gasteiger partial charge in [0.25, 0.3) is 0 Å². The topological polar surface area (TPSA) is 160 Å². The molecule has 0 aromatic heterocycles. The highest BCUT2D eigenvalue weighted by molar-refractivity contribution is 7.46. The highest BCUT2D eigenvalue weighted by Gasteiger charge is 2.32. The van der Waals surface area contributed by atoms with E-state index >= 15 is 0 Å². The number of hydrogen-bond donors (Lipinski definition) is 4. The van der Waals surface area contributed by atoms with E-state index in [0.29, 0.717) is 6.42 Å². The third-order valence-corrected chi connectivity index (χ3v) is 2.68. The van der Waals surface area contributed by atoms with Gasteiger partial charge in [0.1, 0.15) is 0 Å². The summed E-state index contributed by atoms with van der Waals surface area (Å²) in [7, 11) is -9.93. The number of ether oxygens (including phenoxy) is 1. The predicted octanol–water partition coefficient (Wildman–Crippen LogP) is -0.0831. The molecule has 0 aliphatic rings. The minimum Gasteiger partial charge on any atom is -0.464 e. The van der Waals surface area contributed by atoms with Gasteiger partial charge in [-0.2, -0.15) is 0 Å². The average Bonchev–Trinajstić information content (AvgIpc) is 2.21. The fourth-order valence-electron chi connectivity index (χ4n) is 0.882. The van der Waals surface area contributed by atoms with Crippen LogP contribution in [0.4, 0.5) is 0 Å². The van der Waals surface area contributed by atoms with Crippen molar-refractivity contribution in [2.75, 3.05) is 13.2 Å². The molecule has 114 valence electrons. The molecule has 0 saturated carbocycles. The number of esters is 1. The van der Waals surface area contributed by atoms with Crippen LogP contribution in [0, 0.1) is 0 Å². The summed E-state index contributed by atoms with van der Waals surface area (Å²) in [6.07, 6.45) is -0.686. The molecule has 0 saturated heterocycles. The maximum Gasteiger partial charge on any atom is 0.470 e. The second-order valence-electron chi connectivity index (χ2n) is 3.39. The molecule has 0 unspecified atom stereocenters. The fourth-order valence-corrected chi connectivity index (χ4v) is 1.69. The van der Waals surface area contributed by atoms with E-state index in [1.165, 1.54) is 0 Å². The smallest absolute Gasteiger partial charge is 0.464 e. The third kappa shape index (κ3) is 11.2. The van der Waals surface area contributed by atoms with E-state index in [2.05, 4.69) is 13.8 Å². The van der Waals surface area contributed by atoms with Crippen molar-refractivity contribution in [2.45, 2.75) is 25.9 Å². The van der Waals surface area contributed by atoms with Crippen LogP contribution in [0.2, 0.25) is 0 Å². The first-order valence-corrected chi connectivity index (χ1v) is 8.22. The quantitative estimate of drug-likeness (QED) is 0.257. The first-order chi connectivity index (χ1) is 8.55.